The molecule has 0 amide bonds. The number of ether oxygens (including phenoxy) is 1. The number of methoxy groups -OCH3 is 1. The highest BCUT2D eigenvalue weighted by molar-refractivity contribution is 5.33. The summed E-state index contributed by atoms with van der Waals surface area (Å²) in [5.74, 6) is 1.09. The molecule has 84 valence electrons. The molecule has 5 heteroatoms. The molecule has 0 aromatic carbocycles. The Kier molecular flexibility index (Phi) is 2.93. The Morgan fingerprint density at radius 1 is 1.67 bits per heavy atom. The predicted octanol–water partition coefficient (Wildman–Crippen LogP) is 0.350. The van der Waals surface area contributed by atoms with Gasteiger partial charge in [0.1, 0.15) is 5.82 Å². The molecule has 1 aromatic heterocycles. The molecule has 2 rings (SSSR count). The third kappa shape index (κ3) is 1.98. The van der Waals surface area contributed by atoms with Crippen LogP contribution >= 0.6 is 0 Å². The summed E-state index contributed by atoms with van der Waals surface area (Å²) in [5, 5.41) is 13.2. The summed E-state index contributed by atoms with van der Waals surface area (Å²) in [6.07, 6.45) is 2.41. The summed E-state index contributed by atoms with van der Waals surface area (Å²) >= 11 is 0. The number of nitrogen functional groups attached to an aromatic ring is 1. The summed E-state index contributed by atoms with van der Waals surface area (Å²) in [6, 6.07) is 1.90. The van der Waals surface area contributed by atoms with Gasteiger partial charge < -0.3 is 15.6 Å². The van der Waals surface area contributed by atoms with Gasteiger partial charge in [0.05, 0.1) is 24.9 Å². The van der Waals surface area contributed by atoms with E-state index in [1.165, 1.54) is 0 Å². The van der Waals surface area contributed by atoms with Gasteiger partial charge in [0.25, 0.3) is 0 Å². The van der Waals surface area contributed by atoms with Crippen molar-refractivity contribution < 1.29 is 9.84 Å². The molecule has 1 aromatic rings. The van der Waals surface area contributed by atoms with Gasteiger partial charge in [0, 0.05) is 19.1 Å². The number of rotatable bonds is 4. The van der Waals surface area contributed by atoms with E-state index >= 15 is 0 Å². The topological polar surface area (TPSA) is 73.3 Å². The number of aliphatic hydroxyl groups is 1. The van der Waals surface area contributed by atoms with Crippen molar-refractivity contribution in [3.05, 3.63) is 11.8 Å². The van der Waals surface area contributed by atoms with E-state index in [9.17, 15) is 0 Å². The molecule has 5 nitrogen and oxygen atoms in total. The molecular weight excluding hydrogens is 194 g/mol. The second-order valence-electron chi connectivity index (χ2n) is 3.97. The highest BCUT2D eigenvalue weighted by atomic mass is 16.5. The highest BCUT2D eigenvalue weighted by Crippen LogP contribution is 2.38. The van der Waals surface area contributed by atoms with Gasteiger partial charge in [-0.05, 0) is 12.8 Å². The van der Waals surface area contributed by atoms with Crippen molar-refractivity contribution in [1.82, 2.24) is 9.78 Å². The monoisotopic (exact) mass is 211 g/mol. The normalized spacial score (nSPS) is 25.2. The first-order valence-electron chi connectivity index (χ1n) is 5.21. The van der Waals surface area contributed by atoms with E-state index < -0.39 is 0 Å². The fraction of sp³-hybridized carbons (Fsp3) is 0.700. The minimum atomic E-state index is 0.0662. The van der Waals surface area contributed by atoms with E-state index in [0.717, 1.165) is 18.5 Å². The van der Waals surface area contributed by atoms with E-state index in [1.54, 1.807) is 11.8 Å². The van der Waals surface area contributed by atoms with Crippen LogP contribution in [0.2, 0.25) is 0 Å². The first kappa shape index (κ1) is 10.4. The lowest BCUT2D eigenvalue weighted by atomic mass is 9.80. The maximum atomic E-state index is 8.81. The van der Waals surface area contributed by atoms with Gasteiger partial charge in [0.15, 0.2) is 0 Å². The predicted molar refractivity (Wildman–Crippen MR) is 56.5 cm³/mol. The molecule has 1 fully saturated rings. The molecule has 0 spiro atoms. The molecule has 15 heavy (non-hydrogen) atoms. The molecule has 1 saturated carbocycles. The number of nitrogens with two attached hydrogens (primary N) is 1. The smallest absolute Gasteiger partial charge is 0.122 e. The highest BCUT2D eigenvalue weighted by Gasteiger charge is 2.32. The Bertz CT molecular complexity index is 331. The number of hydrogen-bond donors (Lipinski definition) is 2. The molecule has 0 radical (unpaired) electrons. The largest absolute Gasteiger partial charge is 0.394 e. The first-order chi connectivity index (χ1) is 7.24. The zero-order valence-electron chi connectivity index (χ0n) is 8.89. The van der Waals surface area contributed by atoms with Crippen LogP contribution in [0.15, 0.2) is 6.07 Å². The first-order valence-corrected chi connectivity index (χ1v) is 5.21. The molecule has 0 saturated heterocycles. The van der Waals surface area contributed by atoms with Crippen molar-refractivity contribution in [2.45, 2.75) is 31.4 Å². The molecule has 1 aliphatic rings. The maximum Gasteiger partial charge on any atom is 0.122 e. The van der Waals surface area contributed by atoms with Crippen LogP contribution < -0.4 is 5.73 Å². The molecule has 3 N–H and O–H groups in total. The number of aliphatic hydroxyl groups excluding tert-OH is 1. The SMILES string of the molecule is COC1CC(c2cc(N)n(CCO)n2)C1. The summed E-state index contributed by atoms with van der Waals surface area (Å²) in [7, 11) is 1.74. The average Bonchev–Trinajstić information content (AvgIpc) is 2.47. The lowest BCUT2D eigenvalue weighted by Crippen LogP contribution is -2.28. The molecule has 0 atom stereocenters. The Hall–Kier alpha value is -1.07. The second-order valence-corrected chi connectivity index (χ2v) is 3.97. The Morgan fingerprint density at radius 3 is 3.00 bits per heavy atom. The lowest BCUT2D eigenvalue weighted by Gasteiger charge is -2.32. The van der Waals surface area contributed by atoms with Crippen molar-refractivity contribution in [2.24, 2.45) is 0 Å². The second kappa shape index (κ2) is 4.20. The molecule has 1 heterocycles. The van der Waals surface area contributed by atoms with Gasteiger partial charge in [-0.3, -0.25) is 0 Å². The Labute approximate surface area is 88.8 Å². The van der Waals surface area contributed by atoms with Crippen molar-refractivity contribution in [2.75, 3.05) is 19.5 Å². The summed E-state index contributed by atoms with van der Waals surface area (Å²) in [6.45, 7) is 0.531. The van der Waals surface area contributed by atoms with Crippen LogP contribution in [0, 0.1) is 0 Å². The van der Waals surface area contributed by atoms with Gasteiger partial charge in [-0.15, -0.1) is 0 Å². The van der Waals surface area contributed by atoms with Crippen LogP contribution in [0.1, 0.15) is 24.5 Å². The lowest BCUT2D eigenvalue weighted by molar-refractivity contribution is 0.0246. The van der Waals surface area contributed by atoms with E-state index in [4.69, 9.17) is 15.6 Å². The van der Waals surface area contributed by atoms with E-state index in [2.05, 4.69) is 5.10 Å². The summed E-state index contributed by atoms with van der Waals surface area (Å²) in [5.41, 5.74) is 6.79. The van der Waals surface area contributed by atoms with Crippen molar-refractivity contribution in [3.63, 3.8) is 0 Å². The Balaban J connectivity index is 2.01. The van der Waals surface area contributed by atoms with Crippen LogP contribution in [0.25, 0.3) is 0 Å². The number of anilines is 1. The van der Waals surface area contributed by atoms with Crippen LogP contribution in [0.5, 0.6) is 0 Å². The van der Waals surface area contributed by atoms with Gasteiger partial charge in [-0.25, -0.2) is 4.68 Å². The standard InChI is InChI=1S/C10H17N3O2/c1-15-8-4-7(5-8)9-6-10(11)13(12-9)2-3-14/h6-8,14H,2-5,11H2,1H3. The summed E-state index contributed by atoms with van der Waals surface area (Å²) < 4.78 is 6.86. The minimum Gasteiger partial charge on any atom is -0.394 e. The van der Waals surface area contributed by atoms with Crippen LogP contribution in [-0.2, 0) is 11.3 Å². The van der Waals surface area contributed by atoms with Gasteiger partial charge in [-0.1, -0.05) is 0 Å². The fourth-order valence-electron chi connectivity index (χ4n) is 1.92. The minimum absolute atomic E-state index is 0.0662. The van der Waals surface area contributed by atoms with Crippen molar-refractivity contribution in [1.29, 1.82) is 0 Å². The zero-order chi connectivity index (χ0) is 10.8. The van der Waals surface area contributed by atoms with Crippen molar-refractivity contribution in [3.8, 4) is 0 Å². The quantitative estimate of drug-likeness (QED) is 0.753. The van der Waals surface area contributed by atoms with E-state index in [0.29, 0.717) is 24.4 Å². The van der Waals surface area contributed by atoms with E-state index in [1.807, 2.05) is 6.07 Å². The van der Waals surface area contributed by atoms with Gasteiger partial charge >= 0.3 is 0 Å². The summed E-state index contributed by atoms with van der Waals surface area (Å²) in [4.78, 5) is 0. The van der Waals surface area contributed by atoms with Gasteiger partial charge in [0.2, 0.25) is 0 Å². The number of nitrogens with zero attached hydrogens (tertiary/aromatic N) is 2. The van der Waals surface area contributed by atoms with Crippen LogP contribution in [-0.4, -0.2) is 34.7 Å². The number of hydrogen-bond acceptors (Lipinski definition) is 4. The van der Waals surface area contributed by atoms with Crippen LogP contribution in [0.3, 0.4) is 0 Å². The van der Waals surface area contributed by atoms with Crippen molar-refractivity contribution >= 4 is 5.82 Å². The maximum absolute atomic E-state index is 8.81. The molecule has 0 aliphatic heterocycles. The molecular formula is C10H17N3O2. The third-order valence-corrected chi connectivity index (χ3v) is 2.99. The zero-order valence-corrected chi connectivity index (χ0v) is 8.89. The van der Waals surface area contributed by atoms with Crippen LogP contribution in [0.4, 0.5) is 5.82 Å². The Morgan fingerprint density at radius 2 is 2.40 bits per heavy atom. The number of aromatic nitrogens is 2. The fourth-order valence-corrected chi connectivity index (χ4v) is 1.92. The third-order valence-electron chi connectivity index (χ3n) is 2.99. The molecule has 0 unspecified atom stereocenters. The van der Waals surface area contributed by atoms with Gasteiger partial charge in [-0.2, -0.15) is 5.10 Å². The van der Waals surface area contributed by atoms with E-state index in [-0.39, 0.29) is 6.61 Å². The molecule has 0 bridgehead atoms. The average molecular weight is 211 g/mol. The molecule has 1 aliphatic carbocycles.